The number of ketones is 1. The Morgan fingerprint density at radius 3 is 1.76 bits per heavy atom. The van der Waals surface area contributed by atoms with E-state index in [4.69, 9.17) is 5.73 Å². The maximum absolute atomic E-state index is 11.1. The number of imide groups is 1. The van der Waals surface area contributed by atoms with Crippen LogP contribution in [0.4, 0.5) is 0 Å². The third-order valence-electron chi connectivity index (χ3n) is 1.85. The second-order valence-corrected chi connectivity index (χ2v) is 2.74. The zero-order chi connectivity index (χ0) is 14.0. The van der Waals surface area contributed by atoms with E-state index in [1.165, 1.54) is 6.92 Å². The Labute approximate surface area is 103 Å². The van der Waals surface area contributed by atoms with Crippen molar-refractivity contribution in [1.82, 2.24) is 4.90 Å². The number of hydrogen-bond donors (Lipinski definition) is 1. The molecule has 2 N–H and O–H groups in total. The van der Waals surface area contributed by atoms with Crippen LogP contribution < -0.4 is 5.73 Å². The molecule has 1 aliphatic heterocycles. The summed E-state index contributed by atoms with van der Waals surface area (Å²) < 4.78 is 0. The summed E-state index contributed by atoms with van der Waals surface area (Å²) in [5.74, 6) is -1.24. The predicted octanol–water partition coefficient (Wildman–Crippen LogP) is 0.880. The van der Waals surface area contributed by atoms with Crippen molar-refractivity contribution < 1.29 is 14.4 Å². The quantitative estimate of drug-likeness (QED) is 0.745. The summed E-state index contributed by atoms with van der Waals surface area (Å²) in [4.78, 5) is 34.1. The monoisotopic (exact) mass is 242 g/mol. The molecule has 1 unspecified atom stereocenters. The number of carbonyl (C=O) groups excluding carboxylic acids is 3. The second kappa shape index (κ2) is 9.72. The molecular formula is C12H22N2O3. The maximum Gasteiger partial charge on any atom is 0.254 e. The van der Waals surface area contributed by atoms with Crippen molar-refractivity contribution in [1.29, 1.82) is 0 Å². The van der Waals surface area contributed by atoms with Crippen molar-refractivity contribution in [2.24, 2.45) is 5.73 Å². The Morgan fingerprint density at radius 1 is 1.18 bits per heavy atom. The van der Waals surface area contributed by atoms with E-state index >= 15 is 0 Å². The Bertz CT molecular complexity index is 280. The molecule has 0 radical (unpaired) electrons. The Kier molecular flexibility index (Phi) is 10.2. The number of amides is 2. The van der Waals surface area contributed by atoms with E-state index in [2.05, 4.69) is 0 Å². The van der Waals surface area contributed by atoms with Crippen LogP contribution >= 0.6 is 0 Å². The fourth-order valence-electron chi connectivity index (χ4n) is 1.17. The van der Waals surface area contributed by atoms with Crippen LogP contribution in [0.5, 0.6) is 0 Å². The Hall–Kier alpha value is -1.49. The summed E-state index contributed by atoms with van der Waals surface area (Å²) in [7, 11) is 0. The van der Waals surface area contributed by atoms with Gasteiger partial charge in [0.15, 0.2) is 5.78 Å². The van der Waals surface area contributed by atoms with Gasteiger partial charge in [-0.05, 0) is 6.92 Å². The highest BCUT2D eigenvalue weighted by atomic mass is 16.2. The van der Waals surface area contributed by atoms with Crippen LogP contribution in [-0.2, 0) is 14.4 Å². The lowest BCUT2D eigenvalue weighted by atomic mass is 10.2. The Balaban J connectivity index is 0. The van der Waals surface area contributed by atoms with Gasteiger partial charge in [-0.1, -0.05) is 27.7 Å². The molecular weight excluding hydrogens is 220 g/mol. The van der Waals surface area contributed by atoms with Crippen LogP contribution in [0.15, 0.2) is 12.2 Å². The van der Waals surface area contributed by atoms with Gasteiger partial charge < -0.3 is 5.73 Å². The van der Waals surface area contributed by atoms with Crippen molar-refractivity contribution in [3.8, 4) is 0 Å². The van der Waals surface area contributed by atoms with Crippen molar-refractivity contribution in [2.45, 2.75) is 40.7 Å². The number of carbonyl (C=O) groups is 3. The standard InChI is InChI=1S/C8H10N2O3.2C2H6/c1-5(11)6(4-9)10-7(12)2-3-8(10)13;2*1-2/h2-3,6H,4,9H2,1H3;2*1-2H3. The molecule has 0 aromatic rings. The van der Waals surface area contributed by atoms with Gasteiger partial charge in [0.1, 0.15) is 6.04 Å². The van der Waals surface area contributed by atoms with E-state index in [1.54, 1.807) is 0 Å². The van der Waals surface area contributed by atoms with E-state index in [9.17, 15) is 14.4 Å². The third kappa shape index (κ3) is 4.91. The van der Waals surface area contributed by atoms with Crippen molar-refractivity contribution >= 4 is 17.6 Å². The highest BCUT2D eigenvalue weighted by Gasteiger charge is 2.32. The van der Waals surface area contributed by atoms with Crippen LogP contribution in [0.25, 0.3) is 0 Å². The van der Waals surface area contributed by atoms with Gasteiger partial charge in [-0.15, -0.1) is 0 Å². The molecule has 0 spiro atoms. The molecule has 0 saturated heterocycles. The first kappa shape index (κ1) is 17.9. The molecule has 0 fully saturated rings. The van der Waals surface area contributed by atoms with Gasteiger partial charge in [0.2, 0.25) is 0 Å². The molecule has 5 heteroatoms. The van der Waals surface area contributed by atoms with Crippen LogP contribution in [0.3, 0.4) is 0 Å². The van der Waals surface area contributed by atoms with E-state index in [1.807, 2.05) is 27.7 Å². The smallest absolute Gasteiger partial charge is 0.254 e. The van der Waals surface area contributed by atoms with Gasteiger partial charge in [0.25, 0.3) is 11.8 Å². The second-order valence-electron chi connectivity index (χ2n) is 2.74. The largest absolute Gasteiger partial charge is 0.328 e. The number of nitrogens with two attached hydrogens (primary N) is 1. The molecule has 2 amide bonds. The molecule has 1 aliphatic rings. The van der Waals surface area contributed by atoms with Crippen LogP contribution in [0, 0.1) is 0 Å². The number of rotatable bonds is 3. The van der Waals surface area contributed by atoms with Crippen LogP contribution in [0.2, 0.25) is 0 Å². The lowest BCUT2D eigenvalue weighted by Gasteiger charge is -2.21. The molecule has 0 aromatic heterocycles. The summed E-state index contributed by atoms with van der Waals surface area (Å²) in [6.45, 7) is 9.27. The molecule has 0 bridgehead atoms. The van der Waals surface area contributed by atoms with Gasteiger partial charge in [0, 0.05) is 18.7 Å². The molecule has 0 aliphatic carbocycles. The first-order valence-corrected chi connectivity index (χ1v) is 5.83. The topological polar surface area (TPSA) is 80.5 Å². The van der Waals surface area contributed by atoms with E-state index < -0.39 is 17.9 Å². The lowest BCUT2D eigenvalue weighted by Crippen LogP contribution is -2.48. The number of Topliss-reactive ketones (excluding diaryl/α,β-unsaturated/α-hetero) is 1. The minimum Gasteiger partial charge on any atom is -0.328 e. The summed E-state index contributed by atoms with van der Waals surface area (Å²) >= 11 is 0. The summed E-state index contributed by atoms with van der Waals surface area (Å²) in [5, 5.41) is 0. The summed E-state index contributed by atoms with van der Waals surface area (Å²) in [6, 6.07) is -0.824. The van der Waals surface area contributed by atoms with Gasteiger partial charge in [-0.2, -0.15) is 0 Å². The van der Waals surface area contributed by atoms with Crippen LogP contribution in [0.1, 0.15) is 34.6 Å². The SMILES string of the molecule is CC.CC.CC(=O)C(CN)N1C(=O)C=CC1=O. The first-order valence-electron chi connectivity index (χ1n) is 5.83. The number of hydrogen-bond acceptors (Lipinski definition) is 4. The Morgan fingerprint density at radius 2 is 1.53 bits per heavy atom. The zero-order valence-electron chi connectivity index (χ0n) is 11.2. The van der Waals surface area contributed by atoms with Crippen molar-refractivity contribution in [3.63, 3.8) is 0 Å². The molecule has 0 aromatic carbocycles. The third-order valence-corrected chi connectivity index (χ3v) is 1.85. The average molecular weight is 242 g/mol. The lowest BCUT2D eigenvalue weighted by molar-refractivity contribution is -0.143. The highest BCUT2D eigenvalue weighted by molar-refractivity contribution is 6.15. The van der Waals surface area contributed by atoms with Gasteiger partial charge in [-0.3, -0.25) is 19.3 Å². The van der Waals surface area contributed by atoms with Gasteiger partial charge in [-0.25, -0.2) is 0 Å². The van der Waals surface area contributed by atoms with Crippen LogP contribution in [-0.4, -0.2) is 35.1 Å². The fourth-order valence-corrected chi connectivity index (χ4v) is 1.17. The predicted molar refractivity (Wildman–Crippen MR) is 67.2 cm³/mol. The minimum atomic E-state index is -0.824. The highest BCUT2D eigenvalue weighted by Crippen LogP contribution is 2.08. The summed E-state index contributed by atoms with van der Waals surface area (Å²) in [5.41, 5.74) is 5.28. The number of nitrogens with zero attached hydrogens (tertiary/aromatic N) is 1. The normalized spacial score (nSPS) is 14.6. The molecule has 17 heavy (non-hydrogen) atoms. The van der Waals surface area contributed by atoms with E-state index in [0.29, 0.717) is 0 Å². The minimum absolute atomic E-state index is 0.0332. The molecule has 5 nitrogen and oxygen atoms in total. The van der Waals surface area contributed by atoms with Crippen molar-refractivity contribution in [3.05, 3.63) is 12.2 Å². The van der Waals surface area contributed by atoms with E-state index in [-0.39, 0.29) is 12.3 Å². The van der Waals surface area contributed by atoms with Crippen molar-refractivity contribution in [2.75, 3.05) is 6.54 Å². The first-order chi connectivity index (χ1) is 8.07. The zero-order valence-corrected chi connectivity index (χ0v) is 11.2. The molecule has 1 rings (SSSR count). The fraction of sp³-hybridized carbons (Fsp3) is 0.583. The maximum atomic E-state index is 11.1. The average Bonchev–Trinajstić information content (AvgIpc) is 2.67. The molecule has 98 valence electrons. The van der Waals surface area contributed by atoms with Gasteiger partial charge >= 0.3 is 0 Å². The van der Waals surface area contributed by atoms with Gasteiger partial charge in [0.05, 0.1) is 0 Å². The molecule has 0 saturated carbocycles. The molecule has 1 heterocycles. The molecule has 1 atom stereocenters. The summed E-state index contributed by atoms with van der Waals surface area (Å²) in [6.07, 6.45) is 2.27. The van der Waals surface area contributed by atoms with E-state index in [0.717, 1.165) is 17.1 Å².